The summed E-state index contributed by atoms with van der Waals surface area (Å²) in [4.78, 5) is 22.9. The minimum atomic E-state index is -0.585. The highest BCUT2D eigenvalue weighted by atomic mass is 35.5. The number of ether oxygens (including phenoxy) is 2. The molecule has 112 valence electrons. The number of benzene rings is 1. The van der Waals surface area contributed by atoms with Crippen molar-refractivity contribution < 1.29 is 19.1 Å². The third-order valence-electron chi connectivity index (χ3n) is 2.44. The van der Waals surface area contributed by atoms with Crippen LogP contribution in [-0.4, -0.2) is 25.1 Å². The minimum absolute atomic E-state index is 0.168. The number of halogens is 1. The number of methoxy groups -OCH3 is 1. The number of nitrogens with one attached hydrogen (secondary N) is 1. The molecule has 0 spiro atoms. The van der Waals surface area contributed by atoms with Crippen LogP contribution >= 0.6 is 11.6 Å². The van der Waals surface area contributed by atoms with Crippen molar-refractivity contribution in [2.24, 2.45) is 0 Å². The fourth-order valence-corrected chi connectivity index (χ4v) is 1.84. The SMILES string of the molecule is CC#CC(C)Oc1cc(NC(C)=O)c(Cl)cc1C(=O)OC. The summed E-state index contributed by atoms with van der Waals surface area (Å²) in [6, 6.07) is 2.86. The standard InChI is InChI=1S/C15H16ClNO4/c1-5-6-9(2)21-14-8-13(17-10(3)18)12(16)7-11(14)15(19)20-4/h7-9H,1-4H3,(H,17,18). The average molecular weight is 310 g/mol. The predicted octanol–water partition coefficient (Wildman–Crippen LogP) is 2.88. The van der Waals surface area contributed by atoms with Crippen LogP contribution in [0.15, 0.2) is 12.1 Å². The second-order valence-electron chi connectivity index (χ2n) is 4.16. The van der Waals surface area contributed by atoms with Gasteiger partial charge in [0.25, 0.3) is 0 Å². The molecule has 0 aliphatic rings. The van der Waals surface area contributed by atoms with E-state index in [2.05, 4.69) is 17.2 Å². The maximum Gasteiger partial charge on any atom is 0.341 e. The van der Waals surface area contributed by atoms with Gasteiger partial charge in [-0.1, -0.05) is 17.5 Å². The normalized spacial score (nSPS) is 10.9. The van der Waals surface area contributed by atoms with E-state index in [4.69, 9.17) is 21.1 Å². The minimum Gasteiger partial charge on any atom is -0.477 e. The largest absolute Gasteiger partial charge is 0.477 e. The van der Waals surface area contributed by atoms with Gasteiger partial charge in [0.15, 0.2) is 6.10 Å². The number of rotatable bonds is 4. The molecular formula is C15H16ClNO4. The molecule has 0 aliphatic heterocycles. The number of amides is 1. The number of esters is 1. The molecule has 0 aliphatic carbocycles. The summed E-state index contributed by atoms with van der Waals surface area (Å²) in [5.74, 6) is 4.90. The zero-order valence-electron chi connectivity index (χ0n) is 12.2. The van der Waals surface area contributed by atoms with Crippen LogP contribution in [0.4, 0.5) is 5.69 Å². The summed E-state index contributed by atoms with van der Waals surface area (Å²) in [5.41, 5.74) is 0.518. The summed E-state index contributed by atoms with van der Waals surface area (Å²) in [6.45, 7) is 4.78. The highest BCUT2D eigenvalue weighted by molar-refractivity contribution is 6.34. The Hall–Kier alpha value is -2.19. The number of anilines is 1. The van der Waals surface area contributed by atoms with Gasteiger partial charge in [0.1, 0.15) is 11.3 Å². The van der Waals surface area contributed by atoms with E-state index in [0.717, 1.165) is 0 Å². The average Bonchev–Trinajstić information content (AvgIpc) is 2.41. The monoisotopic (exact) mass is 309 g/mol. The van der Waals surface area contributed by atoms with Crippen molar-refractivity contribution in [2.75, 3.05) is 12.4 Å². The van der Waals surface area contributed by atoms with Gasteiger partial charge in [-0.25, -0.2) is 4.79 Å². The molecule has 21 heavy (non-hydrogen) atoms. The van der Waals surface area contributed by atoms with Crippen LogP contribution in [0.2, 0.25) is 5.02 Å². The van der Waals surface area contributed by atoms with Gasteiger partial charge in [0.2, 0.25) is 5.91 Å². The molecule has 5 nitrogen and oxygen atoms in total. The molecular weight excluding hydrogens is 294 g/mol. The van der Waals surface area contributed by atoms with Crippen molar-refractivity contribution in [1.82, 2.24) is 0 Å². The first-order valence-corrected chi connectivity index (χ1v) is 6.55. The van der Waals surface area contributed by atoms with E-state index in [1.165, 1.54) is 26.2 Å². The summed E-state index contributed by atoms with van der Waals surface area (Å²) >= 11 is 6.04. The van der Waals surface area contributed by atoms with E-state index in [1.807, 2.05) is 0 Å². The quantitative estimate of drug-likeness (QED) is 0.686. The van der Waals surface area contributed by atoms with Gasteiger partial charge < -0.3 is 14.8 Å². The maximum absolute atomic E-state index is 11.8. The van der Waals surface area contributed by atoms with Gasteiger partial charge in [-0.2, -0.15) is 0 Å². The number of hydrogen-bond donors (Lipinski definition) is 1. The highest BCUT2D eigenvalue weighted by Gasteiger charge is 2.18. The fraction of sp³-hybridized carbons (Fsp3) is 0.333. The van der Waals surface area contributed by atoms with Crippen molar-refractivity contribution in [2.45, 2.75) is 26.9 Å². The van der Waals surface area contributed by atoms with Crippen LogP contribution < -0.4 is 10.1 Å². The molecule has 0 fully saturated rings. The molecule has 0 heterocycles. The molecule has 1 rings (SSSR count). The van der Waals surface area contributed by atoms with E-state index in [-0.39, 0.29) is 22.2 Å². The third kappa shape index (κ3) is 4.69. The second kappa shape index (κ2) is 7.55. The van der Waals surface area contributed by atoms with E-state index in [9.17, 15) is 9.59 Å². The lowest BCUT2D eigenvalue weighted by atomic mass is 10.1. The molecule has 1 aromatic rings. The van der Waals surface area contributed by atoms with E-state index >= 15 is 0 Å². The summed E-state index contributed by atoms with van der Waals surface area (Å²) in [6.07, 6.45) is -0.426. The first kappa shape index (κ1) is 16.9. The molecule has 1 amide bonds. The van der Waals surface area contributed by atoms with Gasteiger partial charge in [0.05, 0.1) is 17.8 Å². The van der Waals surface area contributed by atoms with E-state index in [1.54, 1.807) is 13.8 Å². The molecule has 0 saturated heterocycles. The molecule has 0 aromatic heterocycles. The van der Waals surface area contributed by atoms with Gasteiger partial charge in [-0.15, -0.1) is 5.92 Å². The zero-order valence-corrected chi connectivity index (χ0v) is 13.0. The van der Waals surface area contributed by atoms with E-state index in [0.29, 0.717) is 5.69 Å². The van der Waals surface area contributed by atoms with Gasteiger partial charge >= 0.3 is 5.97 Å². The Kier molecular flexibility index (Phi) is 6.07. The lowest BCUT2D eigenvalue weighted by Gasteiger charge is -2.15. The first-order valence-electron chi connectivity index (χ1n) is 6.17. The summed E-state index contributed by atoms with van der Waals surface area (Å²) in [7, 11) is 1.26. The topological polar surface area (TPSA) is 64.6 Å². The van der Waals surface area contributed by atoms with Gasteiger partial charge in [-0.05, 0) is 19.9 Å². The van der Waals surface area contributed by atoms with Gasteiger partial charge in [-0.3, -0.25) is 4.79 Å². The number of hydrogen-bond acceptors (Lipinski definition) is 4. The Bertz CT molecular complexity index is 616. The van der Waals surface area contributed by atoms with Crippen LogP contribution in [-0.2, 0) is 9.53 Å². The van der Waals surface area contributed by atoms with Crippen LogP contribution in [0.1, 0.15) is 31.1 Å². The van der Waals surface area contributed by atoms with Crippen LogP contribution in [0.25, 0.3) is 0 Å². The molecule has 1 aromatic carbocycles. The molecule has 0 radical (unpaired) electrons. The van der Waals surface area contributed by atoms with Gasteiger partial charge in [0, 0.05) is 13.0 Å². The summed E-state index contributed by atoms with van der Waals surface area (Å²) < 4.78 is 10.3. The lowest BCUT2D eigenvalue weighted by Crippen LogP contribution is -2.14. The molecule has 1 unspecified atom stereocenters. The Balaban J connectivity index is 3.28. The Morgan fingerprint density at radius 2 is 2.05 bits per heavy atom. The molecule has 0 saturated carbocycles. The predicted molar refractivity (Wildman–Crippen MR) is 80.6 cm³/mol. The Morgan fingerprint density at radius 3 is 2.57 bits per heavy atom. The van der Waals surface area contributed by atoms with Crippen molar-refractivity contribution >= 4 is 29.2 Å². The smallest absolute Gasteiger partial charge is 0.341 e. The fourth-order valence-electron chi connectivity index (χ4n) is 1.63. The third-order valence-corrected chi connectivity index (χ3v) is 2.75. The summed E-state index contributed by atoms with van der Waals surface area (Å²) in [5, 5.41) is 2.78. The molecule has 6 heteroatoms. The maximum atomic E-state index is 11.8. The number of carbonyl (C=O) groups is 2. The van der Waals surface area contributed by atoms with Crippen molar-refractivity contribution in [3.8, 4) is 17.6 Å². The zero-order chi connectivity index (χ0) is 16.0. The van der Waals surface area contributed by atoms with Crippen molar-refractivity contribution in [1.29, 1.82) is 0 Å². The highest BCUT2D eigenvalue weighted by Crippen LogP contribution is 2.32. The van der Waals surface area contributed by atoms with Crippen LogP contribution in [0, 0.1) is 11.8 Å². The first-order chi connectivity index (χ1) is 9.88. The number of carbonyl (C=O) groups excluding carboxylic acids is 2. The van der Waals surface area contributed by atoms with Crippen LogP contribution in [0.3, 0.4) is 0 Å². The molecule has 1 N–H and O–H groups in total. The Morgan fingerprint density at radius 1 is 1.38 bits per heavy atom. The van der Waals surface area contributed by atoms with E-state index < -0.39 is 12.1 Å². The Labute approximate surface area is 128 Å². The molecule has 0 bridgehead atoms. The lowest BCUT2D eigenvalue weighted by molar-refractivity contribution is -0.114. The van der Waals surface area contributed by atoms with Crippen LogP contribution in [0.5, 0.6) is 5.75 Å². The van der Waals surface area contributed by atoms with Crippen molar-refractivity contribution in [3.63, 3.8) is 0 Å². The van der Waals surface area contributed by atoms with Crippen molar-refractivity contribution in [3.05, 3.63) is 22.7 Å². The second-order valence-corrected chi connectivity index (χ2v) is 4.56. The molecule has 1 atom stereocenters.